The van der Waals surface area contributed by atoms with Gasteiger partial charge in [0.2, 0.25) is 0 Å². The molecule has 128 valence electrons. The van der Waals surface area contributed by atoms with Crippen LogP contribution in [-0.2, 0) is 19.3 Å². The van der Waals surface area contributed by atoms with E-state index in [0.717, 1.165) is 29.8 Å². The Labute approximate surface area is 146 Å². The molecule has 6 heteroatoms. The lowest BCUT2D eigenvalue weighted by Gasteiger charge is -2.17. The molecule has 1 aromatic carbocycles. The van der Waals surface area contributed by atoms with Gasteiger partial charge in [-0.25, -0.2) is 9.78 Å². The number of amides is 2. The van der Waals surface area contributed by atoms with E-state index in [-0.39, 0.29) is 12.6 Å². The molecule has 0 bridgehead atoms. The number of rotatable bonds is 6. The van der Waals surface area contributed by atoms with Crippen LogP contribution in [0, 0.1) is 0 Å². The van der Waals surface area contributed by atoms with Crippen LogP contribution < -0.4 is 10.6 Å². The Hall–Kier alpha value is -1.92. The van der Waals surface area contributed by atoms with Crippen molar-refractivity contribution in [2.75, 3.05) is 13.2 Å². The second-order valence-corrected chi connectivity index (χ2v) is 7.15. The Bertz CT molecular complexity index is 649. The SMILES string of the molecule is O=C(NCCc1nc2c(s1)CCCC2)NC(CO)c1ccccc1. The molecule has 24 heavy (non-hydrogen) atoms. The van der Waals surface area contributed by atoms with Crippen molar-refractivity contribution < 1.29 is 9.90 Å². The summed E-state index contributed by atoms with van der Waals surface area (Å²) in [5.74, 6) is 0. The fourth-order valence-corrected chi connectivity index (χ4v) is 4.08. The van der Waals surface area contributed by atoms with Crippen molar-refractivity contribution in [3.05, 3.63) is 51.5 Å². The number of aliphatic hydroxyl groups is 1. The highest BCUT2D eigenvalue weighted by molar-refractivity contribution is 7.11. The monoisotopic (exact) mass is 345 g/mol. The molecule has 1 aliphatic rings. The fraction of sp³-hybridized carbons (Fsp3) is 0.444. The van der Waals surface area contributed by atoms with Crippen molar-refractivity contribution in [3.8, 4) is 0 Å². The molecule has 3 rings (SSSR count). The molecule has 0 saturated carbocycles. The number of aromatic nitrogens is 1. The highest BCUT2D eigenvalue weighted by Crippen LogP contribution is 2.26. The van der Waals surface area contributed by atoms with Crippen molar-refractivity contribution in [3.63, 3.8) is 0 Å². The van der Waals surface area contributed by atoms with E-state index in [1.54, 1.807) is 11.3 Å². The average molecular weight is 345 g/mol. The summed E-state index contributed by atoms with van der Waals surface area (Å²) in [5.41, 5.74) is 2.15. The minimum atomic E-state index is -0.390. The minimum absolute atomic E-state index is 0.128. The molecule has 0 saturated heterocycles. The summed E-state index contributed by atoms with van der Waals surface area (Å²) in [5, 5.41) is 16.2. The van der Waals surface area contributed by atoms with Gasteiger partial charge in [0.1, 0.15) is 0 Å². The first kappa shape index (κ1) is 16.9. The van der Waals surface area contributed by atoms with Crippen molar-refractivity contribution >= 4 is 17.4 Å². The fourth-order valence-electron chi connectivity index (χ4n) is 2.92. The lowest BCUT2D eigenvalue weighted by Crippen LogP contribution is -2.40. The van der Waals surface area contributed by atoms with Crippen molar-refractivity contribution in [2.45, 2.75) is 38.1 Å². The predicted octanol–water partition coefficient (Wildman–Crippen LogP) is 2.60. The largest absolute Gasteiger partial charge is 0.394 e. The van der Waals surface area contributed by atoms with Crippen LogP contribution in [0.25, 0.3) is 0 Å². The Morgan fingerprint density at radius 3 is 2.79 bits per heavy atom. The highest BCUT2D eigenvalue weighted by atomic mass is 32.1. The number of carbonyl (C=O) groups excluding carboxylic acids is 1. The van der Waals surface area contributed by atoms with Gasteiger partial charge >= 0.3 is 6.03 Å². The first-order valence-electron chi connectivity index (χ1n) is 8.44. The van der Waals surface area contributed by atoms with E-state index in [1.165, 1.54) is 23.4 Å². The van der Waals surface area contributed by atoms with Crippen molar-refractivity contribution in [1.29, 1.82) is 0 Å². The third-order valence-corrected chi connectivity index (χ3v) is 5.42. The molecular formula is C18H23N3O2S. The smallest absolute Gasteiger partial charge is 0.315 e. The number of thiazole rings is 1. The lowest BCUT2D eigenvalue weighted by atomic mass is 10.0. The van der Waals surface area contributed by atoms with Crippen LogP contribution in [0.4, 0.5) is 4.79 Å². The number of nitrogens with one attached hydrogen (secondary N) is 2. The van der Waals surface area contributed by atoms with Gasteiger partial charge in [-0.05, 0) is 31.2 Å². The number of hydrogen-bond acceptors (Lipinski definition) is 4. The number of urea groups is 1. The number of benzene rings is 1. The third kappa shape index (κ3) is 4.33. The maximum atomic E-state index is 12.0. The summed E-state index contributed by atoms with van der Waals surface area (Å²) >= 11 is 1.78. The van der Waals surface area contributed by atoms with Gasteiger partial charge in [-0.1, -0.05) is 30.3 Å². The normalized spacial score (nSPS) is 14.7. The number of hydrogen-bond donors (Lipinski definition) is 3. The van der Waals surface area contributed by atoms with E-state index >= 15 is 0 Å². The molecule has 2 aromatic rings. The van der Waals surface area contributed by atoms with Crippen LogP contribution in [0.2, 0.25) is 0 Å². The zero-order valence-electron chi connectivity index (χ0n) is 13.6. The summed E-state index contributed by atoms with van der Waals surface area (Å²) in [7, 11) is 0. The van der Waals surface area contributed by atoms with E-state index in [4.69, 9.17) is 0 Å². The summed E-state index contributed by atoms with van der Waals surface area (Å²) in [4.78, 5) is 18.1. The zero-order chi connectivity index (χ0) is 16.8. The van der Waals surface area contributed by atoms with Crippen molar-refractivity contribution in [1.82, 2.24) is 15.6 Å². The second kappa shape index (κ2) is 8.26. The van der Waals surface area contributed by atoms with Crippen molar-refractivity contribution in [2.24, 2.45) is 0 Å². The number of carbonyl (C=O) groups is 1. The lowest BCUT2D eigenvalue weighted by molar-refractivity contribution is 0.217. The average Bonchev–Trinajstić information content (AvgIpc) is 3.03. The second-order valence-electron chi connectivity index (χ2n) is 5.98. The number of aliphatic hydroxyl groups excluding tert-OH is 1. The Kier molecular flexibility index (Phi) is 5.82. The Balaban J connectivity index is 1.46. The first-order valence-corrected chi connectivity index (χ1v) is 9.25. The van der Waals surface area contributed by atoms with Crippen LogP contribution in [-0.4, -0.2) is 29.3 Å². The molecule has 0 fully saturated rings. The van der Waals surface area contributed by atoms with E-state index in [0.29, 0.717) is 6.54 Å². The minimum Gasteiger partial charge on any atom is -0.394 e. The molecule has 3 N–H and O–H groups in total. The van der Waals surface area contributed by atoms with E-state index in [1.807, 2.05) is 30.3 Å². The quantitative estimate of drug-likeness (QED) is 0.753. The summed E-state index contributed by atoms with van der Waals surface area (Å²) < 4.78 is 0. The molecule has 0 radical (unpaired) electrons. The number of nitrogens with zero attached hydrogens (tertiary/aromatic N) is 1. The number of fused-ring (bicyclic) bond motifs is 1. The third-order valence-electron chi connectivity index (χ3n) is 4.20. The van der Waals surface area contributed by atoms with E-state index in [9.17, 15) is 9.90 Å². The van der Waals surface area contributed by atoms with Gasteiger partial charge in [-0.3, -0.25) is 0 Å². The maximum absolute atomic E-state index is 12.0. The number of aryl methyl sites for hydroxylation is 2. The maximum Gasteiger partial charge on any atom is 0.315 e. The molecular weight excluding hydrogens is 322 g/mol. The van der Waals surface area contributed by atoms with Gasteiger partial charge < -0.3 is 15.7 Å². The topological polar surface area (TPSA) is 74.2 Å². The molecule has 1 atom stereocenters. The molecule has 1 heterocycles. The van der Waals surface area contributed by atoms with E-state index in [2.05, 4.69) is 15.6 Å². The van der Waals surface area contributed by atoms with Crippen LogP contribution in [0.5, 0.6) is 0 Å². The molecule has 1 aliphatic carbocycles. The van der Waals surface area contributed by atoms with E-state index < -0.39 is 6.04 Å². The first-order chi connectivity index (χ1) is 11.8. The van der Waals surface area contributed by atoms with Gasteiger partial charge in [0.25, 0.3) is 0 Å². The van der Waals surface area contributed by atoms with Gasteiger partial charge in [-0.15, -0.1) is 11.3 Å². The van der Waals surface area contributed by atoms with Crippen LogP contribution in [0.15, 0.2) is 30.3 Å². The molecule has 5 nitrogen and oxygen atoms in total. The predicted molar refractivity (Wildman–Crippen MR) is 95.3 cm³/mol. The van der Waals surface area contributed by atoms with Gasteiger partial charge in [-0.2, -0.15) is 0 Å². The summed E-state index contributed by atoms with van der Waals surface area (Å²) in [6, 6.07) is 8.82. The Morgan fingerprint density at radius 1 is 1.25 bits per heavy atom. The zero-order valence-corrected chi connectivity index (χ0v) is 14.4. The molecule has 0 spiro atoms. The van der Waals surface area contributed by atoms with Crippen LogP contribution in [0.3, 0.4) is 0 Å². The highest BCUT2D eigenvalue weighted by Gasteiger charge is 2.16. The Morgan fingerprint density at radius 2 is 2.04 bits per heavy atom. The van der Waals surface area contributed by atoms with Gasteiger partial charge in [0.05, 0.1) is 23.4 Å². The standard InChI is InChI=1S/C18H23N3O2S/c22-12-15(13-6-2-1-3-7-13)21-18(23)19-11-10-17-20-14-8-4-5-9-16(14)24-17/h1-3,6-7,15,22H,4-5,8-12H2,(H2,19,21,23). The molecule has 2 amide bonds. The summed E-state index contributed by atoms with van der Waals surface area (Å²) in [6.45, 7) is 0.418. The molecule has 0 aliphatic heterocycles. The molecule has 1 aromatic heterocycles. The molecule has 1 unspecified atom stereocenters. The van der Waals surface area contributed by atoms with Crippen LogP contribution >= 0.6 is 11.3 Å². The van der Waals surface area contributed by atoms with Gasteiger partial charge in [0, 0.05) is 17.8 Å². The van der Waals surface area contributed by atoms with Gasteiger partial charge in [0.15, 0.2) is 0 Å². The summed E-state index contributed by atoms with van der Waals surface area (Å²) in [6.07, 6.45) is 5.49. The van der Waals surface area contributed by atoms with Crippen LogP contribution in [0.1, 0.15) is 40.0 Å².